The van der Waals surface area contributed by atoms with E-state index >= 15 is 0 Å². The van der Waals surface area contributed by atoms with Gasteiger partial charge in [0.05, 0.1) is 25.5 Å². The quantitative estimate of drug-likeness (QED) is 0.836. The summed E-state index contributed by atoms with van der Waals surface area (Å²) in [6, 6.07) is 9.41. The number of amides is 2. The number of hydrogen-bond donors (Lipinski definition) is 1. The highest BCUT2D eigenvalue weighted by Gasteiger charge is 2.45. The van der Waals surface area contributed by atoms with Crippen LogP contribution in [-0.2, 0) is 14.8 Å². The molecule has 27 heavy (non-hydrogen) atoms. The summed E-state index contributed by atoms with van der Waals surface area (Å²) in [5, 5.41) is 2.60. The standard InChI is InChI=1S/C18H18N2O6S/c1-11(17(21)19-14-10-12(25-2)8-9-15(14)26-3)20-18(22)13-6-4-5-7-16(13)27(20,23)24/h4-11H,1-3H3,(H,19,21). The highest BCUT2D eigenvalue weighted by Crippen LogP contribution is 2.33. The fourth-order valence-corrected chi connectivity index (χ4v) is 4.57. The fourth-order valence-electron chi connectivity index (χ4n) is 2.84. The molecule has 1 atom stereocenters. The van der Waals surface area contributed by atoms with E-state index in [1.54, 1.807) is 24.3 Å². The van der Waals surface area contributed by atoms with Gasteiger partial charge in [-0.05, 0) is 31.2 Å². The van der Waals surface area contributed by atoms with E-state index in [0.717, 1.165) is 0 Å². The largest absolute Gasteiger partial charge is 0.497 e. The lowest BCUT2D eigenvalue weighted by molar-refractivity contribution is -0.118. The van der Waals surface area contributed by atoms with Gasteiger partial charge in [0.25, 0.3) is 15.9 Å². The molecule has 1 heterocycles. The van der Waals surface area contributed by atoms with Crippen molar-refractivity contribution in [1.29, 1.82) is 0 Å². The third-order valence-electron chi connectivity index (χ3n) is 4.25. The Labute approximate surface area is 156 Å². The summed E-state index contributed by atoms with van der Waals surface area (Å²) in [5.41, 5.74) is 0.353. The van der Waals surface area contributed by atoms with E-state index < -0.39 is 27.9 Å². The Bertz CT molecular complexity index is 1020. The van der Waals surface area contributed by atoms with Crippen LogP contribution in [0.1, 0.15) is 17.3 Å². The maximum absolute atomic E-state index is 12.7. The van der Waals surface area contributed by atoms with Gasteiger partial charge in [0.2, 0.25) is 5.91 Å². The zero-order valence-electron chi connectivity index (χ0n) is 14.9. The predicted octanol–water partition coefficient (Wildman–Crippen LogP) is 1.88. The Morgan fingerprint density at radius 2 is 1.81 bits per heavy atom. The molecule has 0 aliphatic carbocycles. The van der Waals surface area contributed by atoms with Gasteiger partial charge in [-0.3, -0.25) is 9.59 Å². The van der Waals surface area contributed by atoms with Gasteiger partial charge in [-0.2, -0.15) is 0 Å². The van der Waals surface area contributed by atoms with Gasteiger partial charge in [-0.15, -0.1) is 0 Å². The number of carbonyl (C=O) groups excluding carboxylic acids is 2. The van der Waals surface area contributed by atoms with Gasteiger partial charge < -0.3 is 14.8 Å². The Hall–Kier alpha value is -3.07. The molecule has 1 aliphatic heterocycles. The van der Waals surface area contributed by atoms with Crippen molar-refractivity contribution in [3.63, 3.8) is 0 Å². The number of anilines is 1. The van der Waals surface area contributed by atoms with Gasteiger partial charge in [-0.25, -0.2) is 12.7 Å². The van der Waals surface area contributed by atoms with Crippen molar-refractivity contribution in [2.45, 2.75) is 17.9 Å². The molecule has 142 valence electrons. The third-order valence-corrected chi connectivity index (χ3v) is 6.16. The van der Waals surface area contributed by atoms with E-state index in [-0.39, 0.29) is 10.5 Å². The number of methoxy groups -OCH3 is 2. The summed E-state index contributed by atoms with van der Waals surface area (Å²) >= 11 is 0. The topological polar surface area (TPSA) is 102 Å². The number of sulfonamides is 1. The van der Waals surface area contributed by atoms with Gasteiger partial charge in [0.15, 0.2) is 0 Å². The molecule has 0 radical (unpaired) electrons. The van der Waals surface area contributed by atoms with Crippen molar-refractivity contribution >= 4 is 27.5 Å². The Kier molecular flexibility index (Phi) is 4.79. The van der Waals surface area contributed by atoms with Crippen molar-refractivity contribution in [1.82, 2.24) is 4.31 Å². The Balaban J connectivity index is 1.90. The first-order valence-electron chi connectivity index (χ1n) is 8.02. The number of nitrogens with zero attached hydrogens (tertiary/aromatic N) is 1. The van der Waals surface area contributed by atoms with Crippen molar-refractivity contribution in [3.8, 4) is 11.5 Å². The Morgan fingerprint density at radius 3 is 2.44 bits per heavy atom. The molecule has 0 saturated heterocycles. The summed E-state index contributed by atoms with van der Waals surface area (Å²) in [6.07, 6.45) is 0. The first kappa shape index (κ1) is 18.7. The van der Waals surface area contributed by atoms with Crippen molar-refractivity contribution in [3.05, 3.63) is 48.0 Å². The van der Waals surface area contributed by atoms with E-state index in [1.165, 1.54) is 39.3 Å². The van der Waals surface area contributed by atoms with Crippen LogP contribution in [0, 0.1) is 0 Å². The highest BCUT2D eigenvalue weighted by atomic mass is 32.2. The SMILES string of the molecule is COc1ccc(OC)c(NC(=O)C(C)N2C(=O)c3ccccc3S2(=O)=O)c1. The van der Waals surface area contributed by atoms with Crippen LogP contribution in [0.2, 0.25) is 0 Å². The number of hydrogen-bond acceptors (Lipinski definition) is 6. The van der Waals surface area contributed by atoms with Crippen LogP contribution in [-0.4, -0.2) is 44.8 Å². The zero-order chi connectivity index (χ0) is 19.8. The minimum atomic E-state index is -4.09. The summed E-state index contributed by atoms with van der Waals surface area (Å²) in [7, 11) is -1.18. The maximum Gasteiger partial charge on any atom is 0.269 e. The average molecular weight is 390 g/mol. The molecule has 1 N–H and O–H groups in total. The molecular weight excluding hydrogens is 372 g/mol. The van der Waals surface area contributed by atoms with Crippen molar-refractivity contribution in [2.24, 2.45) is 0 Å². The van der Waals surface area contributed by atoms with Crippen LogP contribution in [0.25, 0.3) is 0 Å². The monoisotopic (exact) mass is 390 g/mol. The predicted molar refractivity (Wildman–Crippen MR) is 97.4 cm³/mol. The van der Waals surface area contributed by atoms with Gasteiger partial charge in [0, 0.05) is 6.07 Å². The molecule has 2 aromatic rings. The maximum atomic E-state index is 12.7. The molecule has 0 aromatic heterocycles. The summed E-state index contributed by atoms with van der Waals surface area (Å²) in [5.74, 6) is -0.552. The average Bonchev–Trinajstić information content (AvgIpc) is 2.87. The molecule has 2 aromatic carbocycles. The first-order chi connectivity index (χ1) is 12.8. The third kappa shape index (κ3) is 3.10. The second-order valence-electron chi connectivity index (χ2n) is 5.83. The molecule has 0 fully saturated rings. The number of nitrogens with one attached hydrogen (secondary N) is 1. The van der Waals surface area contributed by atoms with E-state index in [9.17, 15) is 18.0 Å². The van der Waals surface area contributed by atoms with Crippen molar-refractivity contribution in [2.75, 3.05) is 19.5 Å². The fraction of sp³-hybridized carbons (Fsp3) is 0.222. The summed E-state index contributed by atoms with van der Waals surface area (Å²) in [4.78, 5) is 25.1. The second kappa shape index (κ2) is 6.92. The molecule has 0 bridgehead atoms. The van der Waals surface area contributed by atoms with Gasteiger partial charge >= 0.3 is 0 Å². The molecule has 2 amide bonds. The van der Waals surface area contributed by atoms with E-state index in [1.807, 2.05) is 0 Å². The molecule has 0 saturated carbocycles. The Morgan fingerprint density at radius 1 is 1.11 bits per heavy atom. The smallest absolute Gasteiger partial charge is 0.269 e. The minimum absolute atomic E-state index is 0.0520. The van der Waals surface area contributed by atoms with Crippen LogP contribution >= 0.6 is 0 Å². The normalized spacial score (nSPS) is 15.8. The highest BCUT2D eigenvalue weighted by molar-refractivity contribution is 7.90. The number of rotatable bonds is 5. The van der Waals surface area contributed by atoms with E-state index in [4.69, 9.17) is 9.47 Å². The molecule has 3 rings (SSSR count). The number of carbonyl (C=O) groups is 2. The lowest BCUT2D eigenvalue weighted by atomic mass is 10.2. The molecule has 1 unspecified atom stereocenters. The molecule has 9 heteroatoms. The summed E-state index contributed by atoms with van der Waals surface area (Å²) in [6.45, 7) is 1.35. The van der Waals surface area contributed by atoms with E-state index in [2.05, 4.69) is 5.32 Å². The van der Waals surface area contributed by atoms with Gasteiger partial charge in [0.1, 0.15) is 22.4 Å². The minimum Gasteiger partial charge on any atom is -0.497 e. The van der Waals surface area contributed by atoms with Gasteiger partial charge in [-0.1, -0.05) is 12.1 Å². The van der Waals surface area contributed by atoms with Crippen molar-refractivity contribution < 1.29 is 27.5 Å². The van der Waals surface area contributed by atoms with Crippen LogP contribution in [0.3, 0.4) is 0 Å². The lowest BCUT2D eigenvalue weighted by Crippen LogP contribution is -2.45. The lowest BCUT2D eigenvalue weighted by Gasteiger charge is -2.23. The number of benzene rings is 2. The molecule has 0 spiro atoms. The van der Waals surface area contributed by atoms with E-state index in [0.29, 0.717) is 21.5 Å². The van der Waals surface area contributed by atoms with Crippen LogP contribution in [0.4, 0.5) is 5.69 Å². The van der Waals surface area contributed by atoms with Crippen LogP contribution in [0.5, 0.6) is 11.5 Å². The molecule has 1 aliphatic rings. The molecule has 8 nitrogen and oxygen atoms in total. The first-order valence-corrected chi connectivity index (χ1v) is 9.46. The number of fused-ring (bicyclic) bond motifs is 1. The molecular formula is C18H18N2O6S. The summed E-state index contributed by atoms with van der Waals surface area (Å²) < 4.78 is 36.3. The zero-order valence-corrected chi connectivity index (χ0v) is 15.7. The number of ether oxygens (including phenoxy) is 2. The van der Waals surface area contributed by atoms with Crippen LogP contribution in [0.15, 0.2) is 47.4 Å². The second-order valence-corrected chi connectivity index (χ2v) is 7.62. The van der Waals surface area contributed by atoms with Crippen LogP contribution < -0.4 is 14.8 Å².